The van der Waals surface area contributed by atoms with Crippen LogP contribution in [0.1, 0.15) is 27.7 Å². The average Bonchev–Trinajstić information content (AvgIpc) is 3.21. The first-order chi connectivity index (χ1) is 17.7. The van der Waals surface area contributed by atoms with Gasteiger partial charge in [-0.1, -0.05) is 63.2 Å². The van der Waals surface area contributed by atoms with E-state index in [2.05, 4.69) is 74.7 Å². The van der Waals surface area contributed by atoms with Gasteiger partial charge in [-0.05, 0) is 49.4 Å². The van der Waals surface area contributed by atoms with E-state index in [1.165, 1.54) is 23.0 Å². The van der Waals surface area contributed by atoms with Gasteiger partial charge in [-0.15, -0.1) is 0 Å². The Labute approximate surface area is 216 Å². The summed E-state index contributed by atoms with van der Waals surface area (Å²) in [5.74, 6) is 0.719. The highest BCUT2D eigenvalue weighted by atomic mass is 31.2. The molecule has 4 aromatic carbocycles. The fourth-order valence-electron chi connectivity index (χ4n) is 4.84. The largest absolute Gasteiger partial charge is 0.455 e. The normalized spacial score (nSPS) is 13.4. The second kappa shape index (κ2) is 9.53. The summed E-state index contributed by atoms with van der Waals surface area (Å²) in [5, 5.41) is 14.4. The maximum atomic E-state index is 11.5. The molecule has 0 aliphatic carbocycles. The summed E-state index contributed by atoms with van der Waals surface area (Å²) in [6, 6.07) is 31.1. The van der Waals surface area contributed by atoms with Crippen molar-refractivity contribution in [2.75, 3.05) is 0 Å². The van der Waals surface area contributed by atoms with Crippen molar-refractivity contribution in [3.05, 3.63) is 107 Å². The highest BCUT2D eigenvalue weighted by molar-refractivity contribution is 7.71. The lowest BCUT2D eigenvalue weighted by Crippen LogP contribution is -2.27. The van der Waals surface area contributed by atoms with Gasteiger partial charge in [0.1, 0.15) is 5.75 Å². The third kappa shape index (κ3) is 4.42. The Bertz CT molecular complexity index is 1670. The smallest absolute Gasteiger partial charge is 0.271 e. The van der Waals surface area contributed by atoms with Crippen LogP contribution >= 0.6 is 7.28 Å². The van der Waals surface area contributed by atoms with Crippen LogP contribution in [0.2, 0.25) is 0 Å². The third-order valence-electron chi connectivity index (χ3n) is 6.61. The van der Waals surface area contributed by atoms with Crippen molar-refractivity contribution < 1.29 is 9.45 Å². The van der Waals surface area contributed by atoms with Crippen molar-refractivity contribution in [2.24, 2.45) is 4.74 Å². The average molecular weight is 512 g/mol. The van der Waals surface area contributed by atoms with Gasteiger partial charge in [0.25, 0.3) is 5.69 Å². The molecule has 5 rings (SSSR count). The monoisotopic (exact) mass is 511 g/mol. The SMILES string of the molecule is CCn1c2ccccc2c2cc(P(=Nc3cccc([N+](=O)[O-])c3)(Oc3ccccc3)C(C)(C)C)ccc21. The van der Waals surface area contributed by atoms with Crippen molar-refractivity contribution in [1.82, 2.24) is 4.57 Å². The molecular weight excluding hydrogens is 481 g/mol. The minimum Gasteiger partial charge on any atom is -0.455 e. The Morgan fingerprint density at radius 1 is 0.865 bits per heavy atom. The molecule has 37 heavy (non-hydrogen) atoms. The van der Waals surface area contributed by atoms with Gasteiger partial charge in [0.15, 0.2) is 7.28 Å². The van der Waals surface area contributed by atoms with Crippen LogP contribution in [0.5, 0.6) is 5.75 Å². The predicted octanol–water partition coefficient (Wildman–Crippen LogP) is 8.67. The first-order valence-electron chi connectivity index (χ1n) is 12.4. The summed E-state index contributed by atoms with van der Waals surface area (Å²) in [4.78, 5) is 11.1. The highest BCUT2D eigenvalue weighted by Crippen LogP contribution is 2.62. The van der Waals surface area contributed by atoms with Gasteiger partial charge in [-0.2, -0.15) is 0 Å². The first-order valence-corrected chi connectivity index (χ1v) is 14.0. The number of aryl methyl sites for hydroxylation is 1. The molecule has 0 aliphatic rings. The summed E-state index contributed by atoms with van der Waals surface area (Å²) in [6.07, 6.45) is 0. The van der Waals surface area contributed by atoms with Gasteiger partial charge in [0.05, 0.1) is 10.6 Å². The topological polar surface area (TPSA) is 69.7 Å². The molecule has 5 aromatic rings. The molecule has 6 nitrogen and oxygen atoms in total. The Balaban J connectivity index is 1.85. The first kappa shape index (κ1) is 24.8. The van der Waals surface area contributed by atoms with Crippen LogP contribution in [0, 0.1) is 10.1 Å². The fourth-order valence-corrected chi connectivity index (χ4v) is 7.91. The second-order valence-corrected chi connectivity index (χ2v) is 13.4. The zero-order valence-corrected chi connectivity index (χ0v) is 22.4. The third-order valence-corrected chi connectivity index (χ3v) is 10.4. The summed E-state index contributed by atoms with van der Waals surface area (Å²) in [6.45, 7) is 9.40. The van der Waals surface area contributed by atoms with Gasteiger partial charge < -0.3 is 9.09 Å². The van der Waals surface area contributed by atoms with E-state index in [0.717, 1.165) is 28.5 Å². The van der Waals surface area contributed by atoms with E-state index in [1.807, 2.05) is 36.4 Å². The summed E-state index contributed by atoms with van der Waals surface area (Å²) in [5.41, 5.74) is 2.89. The number of fused-ring (bicyclic) bond motifs is 3. The van der Waals surface area contributed by atoms with E-state index in [1.54, 1.807) is 6.07 Å². The maximum Gasteiger partial charge on any atom is 0.271 e. The molecule has 1 unspecified atom stereocenters. The Morgan fingerprint density at radius 3 is 2.27 bits per heavy atom. The number of non-ortho nitro benzene ring substituents is 1. The summed E-state index contributed by atoms with van der Waals surface area (Å²) in [7, 11) is -2.81. The predicted molar refractivity (Wildman–Crippen MR) is 154 cm³/mol. The number of nitro benzene ring substituents is 1. The molecular formula is C30H30N3O3P. The molecule has 188 valence electrons. The van der Waals surface area contributed by atoms with Crippen molar-refractivity contribution in [3.8, 4) is 5.75 Å². The summed E-state index contributed by atoms with van der Waals surface area (Å²) < 4.78 is 14.5. The molecule has 0 amide bonds. The zero-order chi connectivity index (χ0) is 26.2. The van der Waals surface area contributed by atoms with Crippen LogP contribution in [0.3, 0.4) is 0 Å². The Kier molecular flexibility index (Phi) is 6.38. The van der Waals surface area contributed by atoms with Crippen LogP contribution in [-0.4, -0.2) is 14.6 Å². The Hall–Kier alpha value is -3.89. The van der Waals surface area contributed by atoms with Crippen LogP contribution in [0.15, 0.2) is 102 Å². The summed E-state index contributed by atoms with van der Waals surface area (Å²) >= 11 is 0. The molecule has 1 aromatic heterocycles. The lowest BCUT2D eigenvalue weighted by molar-refractivity contribution is -0.384. The van der Waals surface area contributed by atoms with E-state index in [0.29, 0.717) is 5.69 Å². The molecule has 0 aliphatic heterocycles. The molecule has 0 bridgehead atoms. The molecule has 0 N–H and O–H groups in total. The number of rotatable bonds is 6. The number of aromatic nitrogens is 1. The van der Waals surface area contributed by atoms with Gasteiger partial charge in [-0.25, -0.2) is 4.74 Å². The molecule has 7 heteroatoms. The van der Waals surface area contributed by atoms with Crippen molar-refractivity contribution in [3.63, 3.8) is 0 Å². The molecule has 0 fully saturated rings. The van der Waals surface area contributed by atoms with E-state index in [-0.39, 0.29) is 10.6 Å². The van der Waals surface area contributed by atoms with E-state index in [4.69, 9.17) is 9.27 Å². The molecule has 0 spiro atoms. The van der Waals surface area contributed by atoms with Crippen LogP contribution in [-0.2, 0) is 6.54 Å². The molecule has 0 saturated carbocycles. The van der Waals surface area contributed by atoms with Crippen molar-refractivity contribution in [2.45, 2.75) is 39.4 Å². The van der Waals surface area contributed by atoms with Crippen molar-refractivity contribution in [1.29, 1.82) is 0 Å². The van der Waals surface area contributed by atoms with E-state index < -0.39 is 12.4 Å². The molecule has 1 heterocycles. The number of hydrogen-bond donors (Lipinski definition) is 0. The number of benzene rings is 4. The fraction of sp³-hybridized carbons (Fsp3) is 0.200. The van der Waals surface area contributed by atoms with Crippen LogP contribution in [0.4, 0.5) is 11.4 Å². The van der Waals surface area contributed by atoms with Gasteiger partial charge >= 0.3 is 0 Å². The van der Waals surface area contributed by atoms with Crippen LogP contribution < -0.4 is 9.83 Å². The van der Waals surface area contributed by atoms with E-state index >= 15 is 0 Å². The number of para-hydroxylation sites is 2. The standard InChI is InChI=1S/C30H30N3O3P/c1-5-32-28-17-10-9-16-26(28)27-21-25(18-19-29(27)32)37(30(2,3)4,36-24-14-7-6-8-15-24)31-22-12-11-13-23(20-22)33(34)35/h6-21H,5H2,1-4H3. The zero-order valence-electron chi connectivity index (χ0n) is 21.5. The lowest BCUT2D eigenvalue weighted by Gasteiger charge is -2.37. The minimum absolute atomic E-state index is 0.00874. The highest BCUT2D eigenvalue weighted by Gasteiger charge is 2.39. The maximum absolute atomic E-state index is 11.5. The van der Waals surface area contributed by atoms with Crippen LogP contribution in [0.25, 0.3) is 21.8 Å². The lowest BCUT2D eigenvalue weighted by atomic mass is 10.1. The minimum atomic E-state index is -2.81. The number of nitro groups is 1. The second-order valence-electron chi connectivity index (χ2n) is 9.99. The van der Waals surface area contributed by atoms with Gasteiger partial charge in [0.2, 0.25) is 0 Å². The van der Waals surface area contributed by atoms with Gasteiger partial charge in [0, 0.05) is 50.9 Å². The quantitative estimate of drug-likeness (QED) is 0.130. The molecule has 0 saturated heterocycles. The molecule has 1 atom stereocenters. The molecule has 0 radical (unpaired) electrons. The van der Waals surface area contributed by atoms with Gasteiger partial charge in [-0.3, -0.25) is 10.1 Å². The number of nitrogens with zero attached hydrogens (tertiary/aromatic N) is 3. The number of hydrogen-bond acceptors (Lipinski definition) is 4. The van der Waals surface area contributed by atoms with Crippen molar-refractivity contribution >= 4 is 45.8 Å². The van der Waals surface area contributed by atoms with E-state index in [9.17, 15) is 10.1 Å². The Morgan fingerprint density at radius 2 is 1.57 bits per heavy atom.